The molecule has 0 bridgehead atoms. The summed E-state index contributed by atoms with van der Waals surface area (Å²) in [4.78, 5) is 0. The molecule has 0 aromatic rings. The molecule has 0 saturated carbocycles. The van der Waals surface area contributed by atoms with Crippen LogP contribution in [0.4, 0.5) is 0 Å². The maximum absolute atomic E-state index is 10.3. The van der Waals surface area contributed by atoms with E-state index in [-0.39, 0.29) is 18.2 Å². The molecule has 0 aliphatic carbocycles. The van der Waals surface area contributed by atoms with E-state index >= 15 is 0 Å². The van der Waals surface area contributed by atoms with Crippen LogP contribution >= 0.6 is 0 Å². The average molecular weight is 269 g/mol. The summed E-state index contributed by atoms with van der Waals surface area (Å²) in [7, 11) is -4.26. The van der Waals surface area contributed by atoms with Gasteiger partial charge in [-0.15, -0.1) is 0 Å². The van der Waals surface area contributed by atoms with Gasteiger partial charge in [0.25, 0.3) is 0 Å². The topological polar surface area (TPSA) is 98.6 Å². The van der Waals surface area contributed by atoms with Gasteiger partial charge in [0.15, 0.2) is 0 Å². The molecule has 17 heavy (non-hydrogen) atoms. The van der Waals surface area contributed by atoms with Crippen LogP contribution in [-0.2, 0) is 14.6 Å². The molecule has 0 aliphatic rings. The van der Waals surface area contributed by atoms with Crippen molar-refractivity contribution in [3.05, 3.63) is 0 Å². The zero-order valence-corrected chi connectivity index (χ0v) is 12.1. The van der Waals surface area contributed by atoms with E-state index in [0.29, 0.717) is 6.42 Å². The molecule has 0 amide bonds. The minimum absolute atomic E-state index is 0. The van der Waals surface area contributed by atoms with Gasteiger partial charge in [-0.05, 0) is 24.7 Å². The Labute approximate surface area is 105 Å². The Hall–Kier alpha value is -0.170. The molecule has 0 rings (SSSR count). The highest BCUT2D eigenvalue weighted by Crippen LogP contribution is 2.29. The number of hydrogen-bond acceptors (Lipinski definition) is 4. The molecule has 0 heterocycles. The van der Waals surface area contributed by atoms with Crippen molar-refractivity contribution in [1.82, 2.24) is 6.15 Å². The lowest BCUT2D eigenvalue weighted by molar-refractivity contribution is 0.225. The van der Waals surface area contributed by atoms with Crippen molar-refractivity contribution in [2.24, 2.45) is 5.41 Å². The highest BCUT2D eigenvalue weighted by molar-refractivity contribution is 7.80. The number of unbranched alkanes of at least 4 members (excludes halogenated alkanes) is 2. The molecule has 6 heteroatoms. The van der Waals surface area contributed by atoms with E-state index in [1.807, 2.05) is 0 Å². The van der Waals surface area contributed by atoms with Crippen LogP contribution in [0, 0.1) is 5.41 Å². The van der Waals surface area contributed by atoms with E-state index in [1.165, 1.54) is 19.3 Å². The maximum atomic E-state index is 10.3. The van der Waals surface area contributed by atoms with Crippen LogP contribution < -0.4 is 6.15 Å². The highest BCUT2D eigenvalue weighted by atomic mass is 32.3. The Morgan fingerprint density at radius 1 is 1.12 bits per heavy atom. The lowest BCUT2D eigenvalue weighted by atomic mass is 9.83. The minimum atomic E-state index is -4.26. The Bertz CT molecular complexity index is 275. The predicted molar refractivity (Wildman–Crippen MR) is 69.7 cm³/mol. The lowest BCUT2D eigenvalue weighted by Crippen LogP contribution is -2.13. The fourth-order valence-electron chi connectivity index (χ4n) is 1.69. The van der Waals surface area contributed by atoms with Gasteiger partial charge >= 0.3 is 10.4 Å². The summed E-state index contributed by atoms with van der Waals surface area (Å²) in [6, 6.07) is 0. The van der Waals surface area contributed by atoms with Gasteiger partial charge in [-0.25, -0.2) is 4.18 Å². The zero-order chi connectivity index (χ0) is 12.7. The van der Waals surface area contributed by atoms with Crippen LogP contribution in [0.1, 0.15) is 59.3 Å². The Balaban J connectivity index is 0. The molecule has 0 aromatic heterocycles. The second kappa shape index (κ2) is 8.85. The fourth-order valence-corrected chi connectivity index (χ4v) is 2.02. The van der Waals surface area contributed by atoms with Gasteiger partial charge in [0.1, 0.15) is 0 Å². The van der Waals surface area contributed by atoms with Crippen LogP contribution in [-0.4, -0.2) is 19.6 Å². The molecule has 4 N–H and O–H groups in total. The standard InChI is InChI=1S/C11H24O4S.H3N/c1-4-5-6-8-11(2,3)9-7-10-15-16(12,13)14;/h4-10H2,1-3H3,(H,12,13,14);1H3. The third kappa shape index (κ3) is 13.8. The summed E-state index contributed by atoms with van der Waals surface area (Å²) in [6.45, 7) is 6.59. The van der Waals surface area contributed by atoms with E-state index < -0.39 is 10.4 Å². The molecule has 0 aliphatic heterocycles. The average Bonchev–Trinajstić information content (AvgIpc) is 2.11. The summed E-state index contributed by atoms with van der Waals surface area (Å²) < 4.78 is 33.2. The molecule has 0 aromatic carbocycles. The first-order valence-electron chi connectivity index (χ1n) is 5.89. The molecule has 0 atom stereocenters. The predicted octanol–water partition coefficient (Wildman–Crippen LogP) is 3.35. The molecular weight excluding hydrogens is 242 g/mol. The van der Waals surface area contributed by atoms with Gasteiger partial charge in [0.05, 0.1) is 6.61 Å². The summed E-state index contributed by atoms with van der Waals surface area (Å²) in [5.41, 5.74) is 0.220. The van der Waals surface area contributed by atoms with Crippen LogP contribution in [0.15, 0.2) is 0 Å². The number of hydrogen-bond donors (Lipinski definition) is 2. The first-order chi connectivity index (χ1) is 7.27. The Morgan fingerprint density at radius 3 is 2.12 bits per heavy atom. The van der Waals surface area contributed by atoms with Crippen molar-refractivity contribution in [3.8, 4) is 0 Å². The smallest absolute Gasteiger partial charge is 0.344 e. The summed E-state index contributed by atoms with van der Waals surface area (Å²) >= 11 is 0. The van der Waals surface area contributed by atoms with Crippen LogP contribution in [0.25, 0.3) is 0 Å². The van der Waals surface area contributed by atoms with Crippen molar-refractivity contribution >= 4 is 10.4 Å². The van der Waals surface area contributed by atoms with Gasteiger partial charge in [0, 0.05) is 0 Å². The lowest BCUT2D eigenvalue weighted by Gasteiger charge is -2.24. The van der Waals surface area contributed by atoms with Crippen LogP contribution in [0.5, 0.6) is 0 Å². The van der Waals surface area contributed by atoms with E-state index in [4.69, 9.17) is 4.55 Å². The molecule has 106 valence electrons. The third-order valence-corrected chi connectivity index (χ3v) is 3.15. The van der Waals surface area contributed by atoms with Crippen LogP contribution in [0.3, 0.4) is 0 Å². The Kier molecular flexibility index (Phi) is 9.99. The SMILES string of the molecule is CCCCCC(C)(C)CCCOS(=O)(=O)O.N. The van der Waals surface area contributed by atoms with Crippen molar-refractivity contribution in [1.29, 1.82) is 0 Å². The molecule has 0 radical (unpaired) electrons. The molecule has 0 saturated heterocycles. The zero-order valence-electron chi connectivity index (χ0n) is 11.2. The quantitative estimate of drug-likeness (QED) is 0.494. The van der Waals surface area contributed by atoms with E-state index in [9.17, 15) is 8.42 Å². The minimum Gasteiger partial charge on any atom is -0.344 e. The van der Waals surface area contributed by atoms with E-state index in [2.05, 4.69) is 25.0 Å². The monoisotopic (exact) mass is 269 g/mol. The van der Waals surface area contributed by atoms with Gasteiger partial charge in [-0.2, -0.15) is 8.42 Å². The normalized spacial score (nSPS) is 12.2. The summed E-state index contributed by atoms with van der Waals surface area (Å²) in [5, 5.41) is 0. The van der Waals surface area contributed by atoms with Gasteiger partial charge in [-0.1, -0.05) is 40.0 Å². The second-order valence-corrected chi connectivity index (χ2v) is 6.07. The van der Waals surface area contributed by atoms with E-state index in [0.717, 1.165) is 12.8 Å². The first kappa shape index (κ1) is 19.2. The van der Waals surface area contributed by atoms with E-state index in [1.54, 1.807) is 0 Å². The summed E-state index contributed by atoms with van der Waals surface area (Å²) in [6.07, 6.45) is 6.37. The summed E-state index contributed by atoms with van der Waals surface area (Å²) in [5.74, 6) is 0. The van der Waals surface area contributed by atoms with Crippen molar-refractivity contribution in [3.63, 3.8) is 0 Å². The Morgan fingerprint density at radius 2 is 1.65 bits per heavy atom. The first-order valence-corrected chi connectivity index (χ1v) is 7.25. The second-order valence-electron chi connectivity index (χ2n) is 4.97. The molecule has 0 spiro atoms. The number of rotatable bonds is 9. The maximum Gasteiger partial charge on any atom is 0.397 e. The van der Waals surface area contributed by atoms with Gasteiger partial charge < -0.3 is 6.15 Å². The highest BCUT2D eigenvalue weighted by Gasteiger charge is 2.17. The molecule has 0 fully saturated rings. The third-order valence-electron chi connectivity index (χ3n) is 2.69. The van der Waals surface area contributed by atoms with Crippen LogP contribution in [0.2, 0.25) is 0 Å². The van der Waals surface area contributed by atoms with Crippen molar-refractivity contribution in [2.75, 3.05) is 6.61 Å². The van der Waals surface area contributed by atoms with Crippen molar-refractivity contribution in [2.45, 2.75) is 59.3 Å². The molecular formula is C11H27NO4S. The van der Waals surface area contributed by atoms with Gasteiger partial charge in [0.2, 0.25) is 0 Å². The van der Waals surface area contributed by atoms with Gasteiger partial charge in [-0.3, -0.25) is 4.55 Å². The molecule has 5 nitrogen and oxygen atoms in total. The molecule has 0 unspecified atom stereocenters. The van der Waals surface area contributed by atoms with Crippen molar-refractivity contribution < 1.29 is 17.2 Å². The fraction of sp³-hybridized carbons (Fsp3) is 1.00. The largest absolute Gasteiger partial charge is 0.397 e.